The summed E-state index contributed by atoms with van der Waals surface area (Å²) in [7, 11) is 0. The minimum atomic E-state index is -0.753. The van der Waals surface area contributed by atoms with Crippen LogP contribution in [0.3, 0.4) is 0 Å². The molecule has 0 aromatic rings. The first kappa shape index (κ1) is 40.4. The number of ether oxygens (including phenoxy) is 3. The molecule has 0 fully saturated rings. The van der Waals surface area contributed by atoms with Crippen LogP contribution in [-0.4, -0.2) is 37.2 Å². The zero-order valence-electron chi connectivity index (χ0n) is 28.0. The van der Waals surface area contributed by atoms with Gasteiger partial charge in [-0.3, -0.25) is 14.4 Å². The summed E-state index contributed by atoms with van der Waals surface area (Å²) in [6, 6.07) is 0. The molecule has 0 spiro atoms. The zero-order valence-corrected chi connectivity index (χ0v) is 28.0. The van der Waals surface area contributed by atoms with Crippen LogP contribution in [0.25, 0.3) is 0 Å². The minimum absolute atomic E-state index is 0.0661. The lowest BCUT2D eigenvalue weighted by molar-refractivity contribution is -0.167. The van der Waals surface area contributed by atoms with Crippen molar-refractivity contribution in [2.24, 2.45) is 0 Å². The lowest BCUT2D eigenvalue weighted by Gasteiger charge is -2.18. The molecule has 0 aromatic heterocycles. The van der Waals surface area contributed by atoms with E-state index in [0.29, 0.717) is 19.3 Å². The molecule has 0 bridgehead atoms. The fraction of sp³-hybridized carbons (Fsp3) is 0.917. The fourth-order valence-electron chi connectivity index (χ4n) is 5.09. The van der Waals surface area contributed by atoms with E-state index in [2.05, 4.69) is 20.8 Å². The number of rotatable bonds is 32. The number of esters is 3. The van der Waals surface area contributed by atoms with Gasteiger partial charge in [0.15, 0.2) is 6.10 Å². The van der Waals surface area contributed by atoms with Gasteiger partial charge in [-0.25, -0.2) is 0 Å². The highest BCUT2D eigenvalue weighted by Gasteiger charge is 2.19. The van der Waals surface area contributed by atoms with Crippen LogP contribution in [-0.2, 0) is 28.6 Å². The van der Waals surface area contributed by atoms with Crippen LogP contribution >= 0.6 is 0 Å². The quantitative estimate of drug-likeness (QED) is 0.0436. The summed E-state index contributed by atoms with van der Waals surface area (Å²) in [5.41, 5.74) is 0. The van der Waals surface area contributed by atoms with Gasteiger partial charge < -0.3 is 14.2 Å². The van der Waals surface area contributed by atoms with Crippen molar-refractivity contribution in [1.82, 2.24) is 0 Å². The molecule has 6 heteroatoms. The Labute approximate surface area is 259 Å². The molecular formula is C36H68O6. The average Bonchev–Trinajstić information content (AvgIpc) is 2.98. The van der Waals surface area contributed by atoms with E-state index in [-0.39, 0.29) is 31.1 Å². The van der Waals surface area contributed by atoms with Crippen molar-refractivity contribution in [3.05, 3.63) is 0 Å². The Morgan fingerprint density at radius 2 is 0.643 bits per heavy atom. The fourth-order valence-corrected chi connectivity index (χ4v) is 5.09. The summed E-state index contributed by atoms with van der Waals surface area (Å²) >= 11 is 0. The first-order chi connectivity index (χ1) is 20.5. The Balaban J connectivity index is 4.22. The predicted octanol–water partition coefficient (Wildman–Crippen LogP) is 10.6. The normalized spacial score (nSPS) is 11.8. The van der Waals surface area contributed by atoms with Gasteiger partial charge in [-0.1, -0.05) is 156 Å². The molecule has 0 aliphatic carbocycles. The molecule has 0 saturated carbocycles. The lowest BCUT2D eigenvalue weighted by Crippen LogP contribution is -2.30. The van der Waals surface area contributed by atoms with E-state index in [4.69, 9.17) is 14.2 Å². The molecule has 0 radical (unpaired) electrons. The van der Waals surface area contributed by atoms with Crippen molar-refractivity contribution in [2.45, 2.75) is 200 Å². The predicted molar refractivity (Wildman–Crippen MR) is 173 cm³/mol. The Morgan fingerprint density at radius 1 is 0.381 bits per heavy atom. The first-order valence-electron chi connectivity index (χ1n) is 18.0. The maximum absolute atomic E-state index is 12.4. The molecule has 248 valence electrons. The summed E-state index contributed by atoms with van der Waals surface area (Å²) in [5, 5.41) is 0. The number of hydrogen-bond acceptors (Lipinski definition) is 6. The van der Waals surface area contributed by atoms with Crippen molar-refractivity contribution in [1.29, 1.82) is 0 Å². The summed E-state index contributed by atoms with van der Waals surface area (Å²) in [5.74, 6) is -0.888. The third kappa shape index (κ3) is 29.9. The lowest BCUT2D eigenvalue weighted by atomic mass is 10.0. The summed E-state index contributed by atoms with van der Waals surface area (Å²) in [6.07, 6.45) is 28.4. The van der Waals surface area contributed by atoms with Crippen molar-refractivity contribution < 1.29 is 28.6 Å². The number of unbranched alkanes of at least 4 members (excludes halogenated alkanes) is 21. The molecule has 0 rings (SSSR count). The molecule has 0 aromatic carbocycles. The highest BCUT2D eigenvalue weighted by molar-refractivity contribution is 5.71. The summed E-state index contributed by atoms with van der Waals surface area (Å²) < 4.78 is 16.4. The zero-order chi connectivity index (χ0) is 30.9. The van der Waals surface area contributed by atoms with E-state index in [0.717, 1.165) is 64.2 Å². The van der Waals surface area contributed by atoms with Crippen LogP contribution in [0, 0.1) is 0 Å². The Hall–Kier alpha value is -1.59. The van der Waals surface area contributed by atoms with Gasteiger partial charge >= 0.3 is 17.9 Å². The topological polar surface area (TPSA) is 78.9 Å². The third-order valence-electron chi connectivity index (χ3n) is 7.86. The standard InChI is InChI=1S/C36H68O6/c1-4-7-10-13-15-16-17-18-19-21-24-26-29-35(38)41-32-33(42-36(39)30-27-22-12-9-6-3)31-40-34(37)28-25-23-20-14-11-8-5-2/h33H,4-32H2,1-3H3/t33-/m1/s1. The maximum atomic E-state index is 12.4. The molecule has 1 atom stereocenters. The minimum Gasteiger partial charge on any atom is -0.462 e. The van der Waals surface area contributed by atoms with E-state index in [9.17, 15) is 14.4 Å². The molecule has 0 aliphatic heterocycles. The third-order valence-corrected chi connectivity index (χ3v) is 7.86. The van der Waals surface area contributed by atoms with Gasteiger partial charge in [-0.15, -0.1) is 0 Å². The molecular weight excluding hydrogens is 528 g/mol. The second-order valence-electron chi connectivity index (χ2n) is 12.2. The van der Waals surface area contributed by atoms with E-state index >= 15 is 0 Å². The summed E-state index contributed by atoms with van der Waals surface area (Å²) in [6.45, 7) is 6.48. The van der Waals surface area contributed by atoms with E-state index < -0.39 is 6.10 Å². The van der Waals surface area contributed by atoms with Gasteiger partial charge in [0.2, 0.25) is 0 Å². The Bertz CT molecular complexity index is 620. The maximum Gasteiger partial charge on any atom is 0.306 e. The smallest absolute Gasteiger partial charge is 0.306 e. The van der Waals surface area contributed by atoms with Crippen LogP contribution < -0.4 is 0 Å². The van der Waals surface area contributed by atoms with Gasteiger partial charge in [0, 0.05) is 19.3 Å². The second-order valence-corrected chi connectivity index (χ2v) is 12.2. The highest BCUT2D eigenvalue weighted by Crippen LogP contribution is 2.14. The van der Waals surface area contributed by atoms with Crippen LogP contribution in [0.2, 0.25) is 0 Å². The van der Waals surface area contributed by atoms with Gasteiger partial charge in [-0.05, 0) is 19.3 Å². The molecule has 0 heterocycles. The highest BCUT2D eigenvalue weighted by atomic mass is 16.6. The molecule has 0 N–H and O–H groups in total. The molecule has 6 nitrogen and oxygen atoms in total. The van der Waals surface area contributed by atoms with Crippen LogP contribution in [0.4, 0.5) is 0 Å². The van der Waals surface area contributed by atoms with Gasteiger partial charge in [-0.2, -0.15) is 0 Å². The van der Waals surface area contributed by atoms with Gasteiger partial charge in [0.05, 0.1) is 0 Å². The Morgan fingerprint density at radius 3 is 0.952 bits per heavy atom. The first-order valence-corrected chi connectivity index (χ1v) is 18.0. The van der Waals surface area contributed by atoms with Crippen LogP contribution in [0.15, 0.2) is 0 Å². The van der Waals surface area contributed by atoms with Crippen LogP contribution in [0.5, 0.6) is 0 Å². The largest absolute Gasteiger partial charge is 0.462 e. The van der Waals surface area contributed by atoms with Crippen molar-refractivity contribution in [3.63, 3.8) is 0 Å². The molecule has 0 unspecified atom stereocenters. The summed E-state index contributed by atoms with van der Waals surface area (Å²) in [4.78, 5) is 37.0. The number of hydrogen-bond donors (Lipinski definition) is 0. The molecule has 42 heavy (non-hydrogen) atoms. The monoisotopic (exact) mass is 597 g/mol. The molecule has 0 aliphatic rings. The number of carbonyl (C=O) groups is 3. The van der Waals surface area contributed by atoms with Crippen molar-refractivity contribution in [3.8, 4) is 0 Å². The van der Waals surface area contributed by atoms with Crippen molar-refractivity contribution >= 4 is 17.9 Å². The van der Waals surface area contributed by atoms with E-state index in [1.165, 1.54) is 89.9 Å². The van der Waals surface area contributed by atoms with Gasteiger partial charge in [0.25, 0.3) is 0 Å². The second kappa shape index (κ2) is 32.3. The van der Waals surface area contributed by atoms with Crippen molar-refractivity contribution in [2.75, 3.05) is 13.2 Å². The molecule has 0 saturated heterocycles. The van der Waals surface area contributed by atoms with Gasteiger partial charge in [0.1, 0.15) is 13.2 Å². The SMILES string of the molecule is CCCCCCCCCCCCCCC(=O)OC[C@@H](COC(=O)CCCCCCCCC)OC(=O)CCCCCCC. The Kier molecular flexibility index (Phi) is 31.1. The molecule has 0 amide bonds. The number of carbonyl (C=O) groups excluding carboxylic acids is 3. The van der Waals surface area contributed by atoms with E-state index in [1.807, 2.05) is 0 Å². The average molecular weight is 597 g/mol. The van der Waals surface area contributed by atoms with E-state index in [1.54, 1.807) is 0 Å². The van der Waals surface area contributed by atoms with Crippen LogP contribution in [0.1, 0.15) is 194 Å².